The van der Waals surface area contributed by atoms with Crippen molar-refractivity contribution >= 4 is 17.3 Å². The first-order valence-corrected chi connectivity index (χ1v) is 14.3. The Morgan fingerprint density at radius 2 is 1.18 bits per heavy atom. The molecular formula is C30H55N2O2+. The van der Waals surface area contributed by atoms with Crippen molar-refractivity contribution in [1.82, 2.24) is 4.48 Å². The van der Waals surface area contributed by atoms with Gasteiger partial charge >= 0.3 is 0 Å². The van der Waals surface area contributed by atoms with E-state index in [9.17, 15) is 9.90 Å². The van der Waals surface area contributed by atoms with E-state index >= 15 is 0 Å². The van der Waals surface area contributed by atoms with Crippen molar-refractivity contribution in [3.63, 3.8) is 0 Å². The quantitative estimate of drug-likeness (QED) is 0.139. The van der Waals surface area contributed by atoms with Crippen molar-refractivity contribution < 1.29 is 9.90 Å². The van der Waals surface area contributed by atoms with E-state index in [1.807, 2.05) is 6.07 Å². The molecule has 0 aromatic heterocycles. The number of nitrogens with zero attached hydrogens (tertiary/aromatic N) is 1. The van der Waals surface area contributed by atoms with Crippen molar-refractivity contribution in [3.8, 4) is 0 Å². The summed E-state index contributed by atoms with van der Waals surface area (Å²) < 4.78 is 0.881. The van der Waals surface area contributed by atoms with Gasteiger partial charge in [0.05, 0.1) is 26.7 Å². The van der Waals surface area contributed by atoms with Crippen LogP contribution in [0.15, 0.2) is 18.2 Å². The van der Waals surface area contributed by atoms with Gasteiger partial charge in [0.25, 0.3) is 0 Å². The summed E-state index contributed by atoms with van der Waals surface area (Å²) in [6.07, 6.45) is 21.2. The van der Waals surface area contributed by atoms with E-state index in [4.69, 9.17) is 0 Å². The second kappa shape index (κ2) is 18.9. The van der Waals surface area contributed by atoms with Crippen LogP contribution in [-0.4, -0.2) is 31.2 Å². The molecule has 1 aromatic carbocycles. The second-order valence-electron chi connectivity index (χ2n) is 10.5. The molecule has 0 heterocycles. The molecule has 0 aliphatic carbocycles. The molecule has 34 heavy (non-hydrogen) atoms. The van der Waals surface area contributed by atoms with Crippen molar-refractivity contribution in [1.29, 1.82) is 0 Å². The van der Waals surface area contributed by atoms with Crippen LogP contribution in [0.25, 0.3) is 0 Å². The van der Waals surface area contributed by atoms with Gasteiger partial charge < -0.3 is 10.4 Å². The second-order valence-corrected chi connectivity index (χ2v) is 10.5. The molecule has 1 amide bonds. The summed E-state index contributed by atoms with van der Waals surface area (Å²) in [5.74, 6) is -0.0682. The highest BCUT2D eigenvalue weighted by molar-refractivity contribution is 5.89. The number of benzene rings is 1. The first-order valence-electron chi connectivity index (χ1n) is 14.3. The lowest BCUT2D eigenvalue weighted by molar-refractivity contribution is -0.114. The molecule has 1 aromatic rings. The van der Waals surface area contributed by atoms with Crippen LogP contribution < -0.4 is 9.80 Å². The summed E-state index contributed by atoms with van der Waals surface area (Å²) in [5, 5.41) is 12.8. The van der Waals surface area contributed by atoms with Crippen molar-refractivity contribution in [2.75, 3.05) is 25.5 Å². The summed E-state index contributed by atoms with van der Waals surface area (Å²) >= 11 is 0. The van der Waals surface area contributed by atoms with Crippen LogP contribution in [0, 0.1) is 0 Å². The van der Waals surface area contributed by atoms with Crippen LogP contribution >= 0.6 is 0 Å². The van der Waals surface area contributed by atoms with Gasteiger partial charge in [0.2, 0.25) is 5.91 Å². The first kappa shape index (κ1) is 30.6. The molecule has 0 saturated heterocycles. The summed E-state index contributed by atoms with van der Waals surface area (Å²) in [5.41, 5.74) is 2.88. The normalized spacial score (nSPS) is 11.7. The Labute approximate surface area is 211 Å². The van der Waals surface area contributed by atoms with Gasteiger partial charge in [-0.3, -0.25) is 9.28 Å². The maximum atomic E-state index is 11.7. The van der Waals surface area contributed by atoms with Crippen LogP contribution in [-0.2, 0) is 11.4 Å². The van der Waals surface area contributed by atoms with Crippen LogP contribution in [0.4, 0.5) is 11.4 Å². The standard InChI is InChI=1S/C30H54N2O2/c1-5-7-9-11-13-15-17-19-21-32(4,22-20-18-16-14-12-10-8-6-2)30-24-28(26-33)23-29(25-30)31-27(3)34/h23-25,33H,5-22,26H2,1-4H3/p+1. The number of hydrogen-bond donors (Lipinski definition) is 2. The number of carbonyl (C=O) groups excluding carboxylic acids is 1. The molecule has 0 radical (unpaired) electrons. The van der Waals surface area contributed by atoms with Crippen molar-refractivity contribution in [2.45, 2.75) is 130 Å². The Kier molecular flexibility index (Phi) is 17.0. The number of rotatable bonds is 21. The van der Waals surface area contributed by atoms with E-state index in [-0.39, 0.29) is 12.5 Å². The molecule has 0 aliphatic heterocycles. The fourth-order valence-corrected chi connectivity index (χ4v) is 4.91. The van der Waals surface area contributed by atoms with Gasteiger partial charge in [0, 0.05) is 24.7 Å². The molecule has 0 bridgehead atoms. The predicted octanol–water partition coefficient (Wildman–Crippen LogP) is 8.36. The van der Waals surface area contributed by atoms with Gasteiger partial charge in [-0.2, -0.15) is 0 Å². The fourth-order valence-electron chi connectivity index (χ4n) is 4.91. The number of quaternary nitrogens is 1. The van der Waals surface area contributed by atoms with E-state index in [0.717, 1.165) is 28.8 Å². The summed E-state index contributed by atoms with van der Waals surface area (Å²) in [4.78, 5) is 11.7. The van der Waals surface area contributed by atoms with Crippen LogP contribution in [0.1, 0.15) is 129 Å². The lowest BCUT2D eigenvalue weighted by Crippen LogP contribution is -2.46. The first-order chi connectivity index (χ1) is 16.4. The zero-order chi connectivity index (χ0) is 25.1. The molecule has 0 atom stereocenters. The highest BCUT2D eigenvalue weighted by atomic mass is 16.3. The van der Waals surface area contributed by atoms with E-state index in [1.54, 1.807) is 6.92 Å². The molecule has 196 valence electrons. The third-order valence-corrected chi connectivity index (χ3v) is 7.11. The molecule has 2 N–H and O–H groups in total. The number of carbonyl (C=O) groups is 1. The van der Waals surface area contributed by atoms with E-state index in [1.165, 1.54) is 108 Å². The highest BCUT2D eigenvalue weighted by Gasteiger charge is 2.25. The van der Waals surface area contributed by atoms with Crippen molar-refractivity contribution in [2.24, 2.45) is 0 Å². The van der Waals surface area contributed by atoms with E-state index in [0.29, 0.717) is 0 Å². The fraction of sp³-hybridized carbons (Fsp3) is 0.767. The Balaban J connectivity index is 2.73. The number of aliphatic hydroxyl groups excluding tert-OH is 1. The highest BCUT2D eigenvalue weighted by Crippen LogP contribution is 2.29. The maximum Gasteiger partial charge on any atom is 0.221 e. The minimum absolute atomic E-state index is 0.00402. The number of anilines is 1. The third-order valence-electron chi connectivity index (χ3n) is 7.11. The molecule has 0 fully saturated rings. The zero-order valence-electron chi connectivity index (χ0n) is 23.0. The average Bonchev–Trinajstić information content (AvgIpc) is 2.81. The molecule has 4 nitrogen and oxygen atoms in total. The zero-order valence-corrected chi connectivity index (χ0v) is 23.0. The lowest BCUT2D eigenvalue weighted by Gasteiger charge is -2.35. The lowest BCUT2D eigenvalue weighted by atomic mass is 10.1. The molecule has 0 spiro atoms. The van der Waals surface area contributed by atoms with Gasteiger partial charge in [-0.05, 0) is 37.3 Å². The van der Waals surface area contributed by atoms with Gasteiger partial charge in [0.1, 0.15) is 5.69 Å². The molecule has 0 unspecified atom stereocenters. The Hall–Kier alpha value is -1.39. The molecule has 4 heteroatoms. The van der Waals surface area contributed by atoms with E-state index in [2.05, 4.69) is 38.3 Å². The van der Waals surface area contributed by atoms with Crippen LogP contribution in [0.3, 0.4) is 0 Å². The topological polar surface area (TPSA) is 49.3 Å². The Bertz CT molecular complexity index is 639. The SMILES string of the molecule is CCCCCCCCCC[N+](C)(CCCCCCCCCC)c1cc(CO)cc(NC(C)=O)c1. The molecule has 0 saturated carbocycles. The van der Waals surface area contributed by atoms with Gasteiger partial charge in [-0.15, -0.1) is 0 Å². The smallest absolute Gasteiger partial charge is 0.221 e. The third kappa shape index (κ3) is 13.5. The largest absolute Gasteiger partial charge is 0.392 e. The Morgan fingerprint density at radius 1 is 0.735 bits per heavy atom. The van der Waals surface area contributed by atoms with Gasteiger partial charge in [0.15, 0.2) is 0 Å². The van der Waals surface area contributed by atoms with E-state index < -0.39 is 0 Å². The maximum absolute atomic E-state index is 11.7. The summed E-state index contributed by atoms with van der Waals surface area (Å²) in [6, 6.07) is 6.15. The monoisotopic (exact) mass is 475 g/mol. The average molecular weight is 476 g/mol. The summed E-state index contributed by atoms with van der Waals surface area (Å²) in [7, 11) is 2.34. The van der Waals surface area contributed by atoms with Gasteiger partial charge in [-0.1, -0.05) is 90.9 Å². The Morgan fingerprint density at radius 3 is 1.59 bits per heavy atom. The van der Waals surface area contributed by atoms with Gasteiger partial charge in [-0.25, -0.2) is 0 Å². The minimum atomic E-state index is -0.0682. The molecule has 1 rings (SSSR count). The van der Waals surface area contributed by atoms with Crippen LogP contribution in [0.5, 0.6) is 0 Å². The minimum Gasteiger partial charge on any atom is -0.392 e. The number of amides is 1. The molecular weight excluding hydrogens is 420 g/mol. The molecule has 0 aliphatic rings. The number of aliphatic hydroxyl groups is 1. The number of unbranched alkanes of at least 4 members (excludes halogenated alkanes) is 14. The summed E-state index contributed by atoms with van der Waals surface area (Å²) in [6.45, 7) is 8.30. The number of hydrogen-bond acceptors (Lipinski definition) is 2. The van der Waals surface area contributed by atoms with Crippen LogP contribution in [0.2, 0.25) is 0 Å². The predicted molar refractivity (Wildman–Crippen MR) is 149 cm³/mol. The number of nitrogens with one attached hydrogen (secondary N) is 1. The van der Waals surface area contributed by atoms with Crippen molar-refractivity contribution in [3.05, 3.63) is 23.8 Å².